The van der Waals surface area contributed by atoms with Gasteiger partial charge in [0.1, 0.15) is 0 Å². The molecule has 1 saturated heterocycles. The summed E-state index contributed by atoms with van der Waals surface area (Å²) in [6, 6.07) is 0.306. The van der Waals surface area contributed by atoms with Gasteiger partial charge >= 0.3 is 5.97 Å². The summed E-state index contributed by atoms with van der Waals surface area (Å²) in [5.41, 5.74) is -0.965. The highest BCUT2D eigenvalue weighted by Crippen LogP contribution is 2.26. The molecule has 0 aliphatic carbocycles. The number of carbonyl (C=O) groups excluding carboxylic acids is 1. The van der Waals surface area contributed by atoms with E-state index in [0.717, 1.165) is 25.8 Å². The Bertz CT molecular complexity index is 299. The average Bonchev–Trinajstić information content (AvgIpc) is 2.28. The molecule has 0 bridgehead atoms. The van der Waals surface area contributed by atoms with E-state index < -0.39 is 11.4 Å². The fourth-order valence-electron chi connectivity index (χ4n) is 2.31. The van der Waals surface area contributed by atoms with E-state index >= 15 is 0 Å². The van der Waals surface area contributed by atoms with Crippen LogP contribution in [0.25, 0.3) is 0 Å². The number of hydrogen-bond donors (Lipinski definition) is 1. The molecule has 0 spiro atoms. The Morgan fingerprint density at radius 1 is 1.35 bits per heavy atom. The number of piperidine rings is 1. The molecule has 1 aliphatic rings. The molecule has 1 atom stereocenters. The van der Waals surface area contributed by atoms with Crippen molar-refractivity contribution in [2.24, 2.45) is 5.41 Å². The van der Waals surface area contributed by atoms with E-state index in [0.29, 0.717) is 6.04 Å². The molecule has 4 heteroatoms. The predicted octanol–water partition coefficient (Wildman–Crippen LogP) is 2.28. The summed E-state index contributed by atoms with van der Waals surface area (Å²) in [7, 11) is 0. The largest absolute Gasteiger partial charge is 0.481 e. The van der Waals surface area contributed by atoms with E-state index in [-0.39, 0.29) is 12.3 Å². The maximum atomic E-state index is 12.2. The van der Waals surface area contributed by atoms with E-state index in [2.05, 4.69) is 6.92 Å². The van der Waals surface area contributed by atoms with Crippen molar-refractivity contribution >= 4 is 11.9 Å². The zero-order chi connectivity index (χ0) is 13.1. The molecule has 4 nitrogen and oxygen atoms in total. The zero-order valence-electron chi connectivity index (χ0n) is 11.0. The Kier molecular flexibility index (Phi) is 4.54. The fourth-order valence-corrected chi connectivity index (χ4v) is 2.31. The molecule has 1 unspecified atom stereocenters. The van der Waals surface area contributed by atoms with Gasteiger partial charge in [-0.2, -0.15) is 0 Å². The smallest absolute Gasteiger partial charge is 0.309 e. The van der Waals surface area contributed by atoms with Gasteiger partial charge in [0.15, 0.2) is 0 Å². The van der Waals surface area contributed by atoms with Gasteiger partial charge in [-0.25, -0.2) is 0 Å². The minimum absolute atomic E-state index is 0.0102. The highest BCUT2D eigenvalue weighted by Gasteiger charge is 2.34. The second-order valence-electron chi connectivity index (χ2n) is 5.51. The predicted molar refractivity (Wildman–Crippen MR) is 65.7 cm³/mol. The van der Waals surface area contributed by atoms with Gasteiger partial charge in [-0.05, 0) is 39.5 Å². The summed E-state index contributed by atoms with van der Waals surface area (Å²) < 4.78 is 0. The summed E-state index contributed by atoms with van der Waals surface area (Å²) in [5.74, 6) is -0.917. The Labute approximate surface area is 103 Å². The molecule has 98 valence electrons. The first-order chi connectivity index (χ1) is 7.88. The number of carbonyl (C=O) groups is 2. The van der Waals surface area contributed by atoms with Gasteiger partial charge < -0.3 is 10.0 Å². The van der Waals surface area contributed by atoms with E-state index in [9.17, 15) is 9.59 Å². The van der Waals surface area contributed by atoms with Crippen LogP contribution in [0.3, 0.4) is 0 Å². The highest BCUT2D eigenvalue weighted by atomic mass is 16.4. The fraction of sp³-hybridized carbons (Fsp3) is 0.846. The quantitative estimate of drug-likeness (QED) is 0.821. The van der Waals surface area contributed by atoms with Gasteiger partial charge in [0.05, 0.1) is 5.41 Å². The molecule has 1 rings (SSSR count). The topological polar surface area (TPSA) is 57.6 Å². The lowest BCUT2D eigenvalue weighted by atomic mass is 9.88. The van der Waals surface area contributed by atoms with Crippen LogP contribution < -0.4 is 0 Å². The molecule has 1 N–H and O–H groups in total. The van der Waals surface area contributed by atoms with E-state index in [1.54, 1.807) is 13.8 Å². The number of rotatable bonds is 4. The van der Waals surface area contributed by atoms with Gasteiger partial charge in [0, 0.05) is 19.0 Å². The highest BCUT2D eigenvalue weighted by molar-refractivity contribution is 5.84. The normalized spacial score (nSPS) is 21.4. The van der Waals surface area contributed by atoms with Crippen LogP contribution in [-0.4, -0.2) is 34.5 Å². The van der Waals surface area contributed by atoms with Crippen LogP contribution in [0.2, 0.25) is 0 Å². The molecule has 0 radical (unpaired) electrons. The minimum Gasteiger partial charge on any atom is -0.481 e. The molecule has 17 heavy (non-hydrogen) atoms. The standard InChI is InChI=1S/C13H23NO3/c1-4-10-7-5-6-8-14(10)11(15)9-13(2,3)12(16)17/h10H,4-9H2,1-3H3,(H,16,17). The second kappa shape index (κ2) is 5.52. The molecular weight excluding hydrogens is 218 g/mol. The molecule has 0 aromatic carbocycles. The van der Waals surface area contributed by atoms with Gasteiger partial charge in [-0.3, -0.25) is 9.59 Å². The lowest BCUT2D eigenvalue weighted by Gasteiger charge is -2.36. The monoisotopic (exact) mass is 241 g/mol. The first-order valence-electron chi connectivity index (χ1n) is 6.41. The SMILES string of the molecule is CCC1CCCCN1C(=O)CC(C)(C)C(=O)O. The number of aliphatic carboxylic acids is 1. The first-order valence-corrected chi connectivity index (χ1v) is 6.41. The van der Waals surface area contributed by atoms with Crippen molar-refractivity contribution in [2.45, 2.75) is 58.9 Å². The summed E-state index contributed by atoms with van der Waals surface area (Å²) in [6.07, 6.45) is 4.31. The summed E-state index contributed by atoms with van der Waals surface area (Å²) in [4.78, 5) is 25.1. The van der Waals surface area contributed by atoms with Crippen molar-refractivity contribution in [3.05, 3.63) is 0 Å². The Morgan fingerprint density at radius 2 is 2.00 bits per heavy atom. The maximum Gasteiger partial charge on any atom is 0.309 e. The third-order valence-corrected chi connectivity index (χ3v) is 3.59. The van der Waals surface area contributed by atoms with Crippen molar-refractivity contribution in [1.82, 2.24) is 4.90 Å². The van der Waals surface area contributed by atoms with Gasteiger partial charge in [0.25, 0.3) is 0 Å². The molecule has 1 aliphatic heterocycles. The lowest BCUT2D eigenvalue weighted by Crippen LogP contribution is -2.45. The number of carboxylic acids is 1. The number of likely N-dealkylation sites (tertiary alicyclic amines) is 1. The van der Waals surface area contributed by atoms with Crippen LogP contribution in [0.15, 0.2) is 0 Å². The van der Waals surface area contributed by atoms with Crippen molar-refractivity contribution in [3.63, 3.8) is 0 Å². The van der Waals surface area contributed by atoms with Gasteiger partial charge in [-0.15, -0.1) is 0 Å². The first kappa shape index (κ1) is 14.0. The maximum absolute atomic E-state index is 12.2. The van der Waals surface area contributed by atoms with E-state index in [1.165, 1.54) is 6.42 Å². The number of carboxylic acid groups (broad SMARTS) is 1. The van der Waals surface area contributed by atoms with E-state index in [1.807, 2.05) is 4.90 Å². The van der Waals surface area contributed by atoms with Crippen molar-refractivity contribution in [3.8, 4) is 0 Å². The molecule has 1 amide bonds. The molecule has 0 saturated carbocycles. The summed E-state index contributed by atoms with van der Waals surface area (Å²) in [5, 5.41) is 9.04. The Hall–Kier alpha value is -1.06. The number of amides is 1. The third kappa shape index (κ3) is 3.45. The Balaban J connectivity index is 2.65. The van der Waals surface area contributed by atoms with Crippen LogP contribution in [0.1, 0.15) is 52.9 Å². The molecule has 0 aromatic heterocycles. The van der Waals surface area contributed by atoms with Crippen molar-refractivity contribution in [2.75, 3.05) is 6.54 Å². The van der Waals surface area contributed by atoms with Gasteiger partial charge in [0.2, 0.25) is 5.91 Å². The van der Waals surface area contributed by atoms with Crippen LogP contribution >= 0.6 is 0 Å². The molecule has 1 fully saturated rings. The zero-order valence-corrected chi connectivity index (χ0v) is 11.0. The summed E-state index contributed by atoms with van der Waals surface area (Å²) in [6.45, 7) is 6.09. The molecular formula is C13H23NO3. The average molecular weight is 241 g/mol. The van der Waals surface area contributed by atoms with Crippen molar-refractivity contribution in [1.29, 1.82) is 0 Å². The van der Waals surface area contributed by atoms with Crippen molar-refractivity contribution < 1.29 is 14.7 Å². The van der Waals surface area contributed by atoms with Crippen LogP contribution in [0, 0.1) is 5.41 Å². The second-order valence-corrected chi connectivity index (χ2v) is 5.51. The van der Waals surface area contributed by atoms with E-state index in [4.69, 9.17) is 5.11 Å². The van der Waals surface area contributed by atoms with Crippen LogP contribution in [0.4, 0.5) is 0 Å². The Morgan fingerprint density at radius 3 is 2.53 bits per heavy atom. The number of hydrogen-bond acceptors (Lipinski definition) is 2. The number of nitrogens with zero attached hydrogens (tertiary/aromatic N) is 1. The van der Waals surface area contributed by atoms with Crippen LogP contribution in [-0.2, 0) is 9.59 Å². The molecule has 0 aromatic rings. The minimum atomic E-state index is -0.965. The lowest BCUT2D eigenvalue weighted by molar-refractivity contribution is -0.152. The van der Waals surface area contributed by atoms with Gasteiger partial charge in [-0.1, -0.05) is 6.92 Å². The summed E-state index contributed by atoms with van der Waals surface area (Å²) >= 11 is 0. The van der Waals surface area contributed by atoms with Crippen LogP contribution in [0.5, 0.6) is 0 Å². The molecule has 1 heterocycles. The third-order valence-electron chi connectivity index (χ3n) is 3.59.